The second-order valence-corrected chi connectivity index (χ2v) is 6.18. The SMILES string of the molecule is CN(C)CCc1cccc2c(C(=O)Cc3ccccc3)c[nH]c12. The fraction of sp³-hybridized carbons (Fsp3) is 0.250. The van der Waals surface area contributed by atoms with E-state index >= 15 is 0 Å². The minimum Gasteiger partial charge on any atom is -0.360 e. The maximum atomic E-state index is 12.6. The molecule has 3 nitrogen and oxygen atoms in total. The van der Waals surface area contributed by atoms with Gasteiger partial charge < -0.3 is 9.88 Å². The highest BCUT2D eigenvalue weighted by molar-refractivity contribution is 6.09. The van der Waals surface area contributed by atoms with Crippen molar-refractivity contribution >= 4 is 16.7 Å². The molecule has 0 spiro atoms. The molecule has 0 aliphatic rings. The van der Waals surface area contributed by atoms with Crippen molar-refractivity contribution < 1.29 is 4.79 Å². The molecule has 3 rings (SSSR count). The molecule has 2 aromatic carbocycles. The van der Waals surface area contributed by atoms with Crippen LogP contribution < -0.4 is 0 Å². The molecule has 118 valence electrons. The number of carbonyl (C=O) groups is 1. The molecule has 1 N–H and O–H groups in total. The number of aromatic amines is 1. The van der Waals surface area contributed by atoms with Crippen LogP contribution in [0.2, 0.25) is 0 Å². The normalized spacial score (nSPS) is 11.3. The summed E-state index contributed by atoms with van der Waals surface area (Å²) in [6.07, 6.45) is 3.27. The van der Waals surface area contributed by atoms with E-state index in [1.54, 1.807) is 0 Å². The summed E-state index contributed by atoms with van der Waals surface area (Å²) in [6.45, 7) is 0.991. The van der Waals surface area contributed by atoms with Crippen molar-refractivity contribution in [1.29, 1.82) is 0 Å². The van der Waals surface area contributed by atoms with Gasteiger partial charge >= 0.3 is 0 Å². The first-order valence-electron chi connectivity index (χ1n) is 7.96. The van der Waals surface area contributed by atoms with Crippen molar-refractivity contribution in [3.8, 4) is 0 Å². The zero-order valence-corrected chi connectivity index (χ0v) is 13.7. The van der Waals surface area contributed by atoms with Gasteiger partial charge in [-0.1, -0.05) is 48.5 Å². The van der Waals surface area contributed by atoms with E-state index in [1.807, 2.05) is 48.7 Å². The molecule has 1 aromatic heterocycles. The van der Waals surface area contributed by atoms with Crippen LogP contribution >= 0.6 is 0 Å². The third-order valence-corrected chi connectivity index (χ3v) is 4.14. The fourth-order valence-corrected chi connectivity index (χ4v) is 2.88. The van der Waals surface area contributed by atoms with E-state index in [4.69, 9.17) is 0 Å². The fourth-order valence-electron chi connectivity index (χ4n) is 2.88. The van der Waals surface area contributed by atoms with Crippen molar-refractivity contribution in [3.63, 3.8) is 0 Å². The van der Waals surface area contributed by atoms with Crippen LogP contribution in [0.1, 0.15) is 21.5 Å². The number of hydrogen-bond acceptors (Lipinski definition) is 2. The molecule has 0 saturated heterocycles. The molecule has 3 heteroatoms. The van der Waals surface area contributed by atoms with E-state index in [0.717, 1.165) is 35.0 Å². The van der Waals surface area contributed by atoms with Crippen LogP contribution in [0.3, 0.4) is 0 Å². The molecule has 3 aromatic rings. The number of H-pyrrole nitrogens is 1. The van der Waals surface area contributed by atoms with E-state index in [9.17, 15) is 4.79 Å². The van der Waals surface area contributed by atoms with Gasteiger partial charge in [0.1, 0.15) is 0 Å². The molecule has 0 saturated carbocycles. The first-order valence-corrected chi connectivity index (χ1v) is 7.96. The third kappa shape index (κ3) is 3.51. The minimum atomic E-state index is 0.159. The summed E-state index contributed by atoms with van der Waals surface area (Å²) in [5.74, 6) is 0.159. The number of Topliss-reactive ketones (excluding diaryl/α,β-unsaturated/α-hetero) is 1. The van der Waals surface area contributed by atoms with Crippen LogP contribution in [-0.2, 0) is 12.8 Å². The standard InChI is InChI=1S/C20H22N2O/c1-22(2)12-11-16-9-6-10-17-18(14-21-20(16)17)19(23)13-15-7-4-3-5-8-15/h3-10,14,21H,11-13H2,1-2H3. The molecule has 23 heavy (non-hydrogen) atoms. The number of ketones is 1. The molecule has 1 heterocycles. The lowest BCUT2D eigenvalue weighted by atomic mass is 10.0. The molecule has 0 aliphatic heterocycles. The summed E-state index contributed by atoms with van der Waals surface area (Å²) in [7, 11) is 4.15. The highest BCUT2D eigenvalue weighted by atomic mass is 16.1. The molecular formula is C20H22N2O. The van der Waals surface area contributed by atoms with Crippen molar-refractivity contribution in [2.75, 3.05) is 20.6 Å². The average Bonchev–Trinajstić information content (AvgIpc) is 2.98. The van der Waals surface area contributed by atoms with Gasteiger partial charge in [0.05, 0.1) is 0 Å². The van der Waals surface area contributed by atoms with Crippen molar-refractivity contribution in [1.82, 2.24) is 9.88 Å². The molecule has 0 fully saturated rings. The van der Waals surface area contributed by atoms with Gasteiger partial charge in [-0.05, 0) is 31.6 Å². The van der Waals surface area contributed by atoms with Crippen LogP contribution in [0.4, 0.5) is 0 Å². The predicted octanol–water partition coefficient (Wildman–Crippen LogP) is 3.70. The van der Waals surface area contributed by atoms with E-state index in [1.165, 1.54) is 5.56 Å². The molecule has 0 unspecified atom stereocenters. The number of benzene rings is 2. The molecule has 0 aliphatic carbocycles. The van der Waals surface area contributed by atoms with Gasteiger partial charge in [0, 0.05) is 35.6 Å². The van der Waals surface area contributed by atoms with Crippen LogP contribution in [0.5, 0.6) is 0 Å². The third-order valence-electron chi connectivity index (χ3n) is 4.14. The van der Waals surface area contributed by atoms with E-state index in [-0.39, 0.29) is 5.78 Å². The first kappa shape index (κ1) is 15.5. The highest BCUT2D eigenvalue weighted by Crippen LogP contribution is 2.23. The van der Waals surface area contributed by atoms with Gasteiger partial charge in [-0.3, -0.25) is 4.79 Å². The molecule has 0 atom stereocenters. The lowest BCUT2D eigenvalue weighted by Crippen LogP contribution is -2.15. The predicted molar refractivity (Wildman–Crippen MR) is 95.0 cm³/mol. The monoisotopic (exact) mass is 306 g/mol. The second kappa shape index (κ2) is 6.80. The molecular weight excluding hydrogens is 284 g/mol. The summed E-state index contributed by atoms with van der Waals surface area (Å²) < 4.78 is 0. The Balaban J connectivity index is 1.87. The summed E-state index contributed by atoms with van der Waals surface area (Å²) in [5.41, 5.74) is 4.19. The zero-order chi connectivity index (χ0) is 16.2. The van der Waals surface area contributed by atoms with E-state index < -0.39 is 0 Å². The largest absolute Gasteiger partial charge is 0.360 e. The van der Waals surface area contributed by atoms with E-state index in [0.29, 0.717) is 6.42 Å². The molecule has 0 bridgehead atoms. The summed E-state index contributed by atoms with van der Waals surface area (Å²) in [6, 6.07) is 16.1. The minimum absolute atomic E-state index is 0.159. The van der Waals surface area contributed by atoms with Gasteiger partial charge in [0.25, 0.3) is 0 Å². The maximum absolute atomic E-state index is 12.6. The van der Waals surface area contributed by atoms with Gasteiger partial charge in [-0.2, -0.15) is 0 Å². The highest BCUT2D eigenvalue weighted by Gasteiger charge is 2.14. The number of fused-ring (bicyclic) bond motifs is 1. The number of nitrogens with zero attached hydrogens (tertiary/aromatic N) is 1. The van der Waals surface area contributed by atoms with Crippen LogP contribution in [0.15, 0.2) is 54.7 Å². The average molecular weight is 306 g/mol. The van der Waals surface area contributed by atoms with Crippen LogP contribution in [-0.4, -0.2) is 36.3 Å². The Bertz CT molecular complexity index is 803. The Hall–Kier alpha value is -2.39. The number of para-hydroxylation sites is 1. The Kier molecular flexibility index (Phi) is 4.58. The summed E-state index contributed by atoms with van der Waals surface area (Å²) in [4.78, 5) is 18.1. The van der Waals surface area contributed by atoms with Crippen molar-refractivity contribution in [2.24, 2.45) is 0 Å². The van der Waals surface area contributed by atoms with Gasteiger partial charge in [-0.15, -0.1) is 0 Å². The lowest BCUT2D eigenvalue weighted by molar-refractivity contribution is 0.0994. The Morgan fingerprint density at radius 1 is 1.04 bits per heavy atom. The van der Waals surface area contributed by atoms with E-state index in [2.05, 4.69) is 30.0 Å². The second-order valence-electron chi connectivity index (χ2n) is 6.18. The summed E-state index contributed by atoms with van der Waals surface area (Å²) >= 11 is 0. The van der Waals surface area contributed by atoms with Gasteiger partial charge in [0.15, 0.2) is 5.78 Å². The zero-order valence-electron chi connectivity index (χ0n) is 13.7. The van der Waals surface area contributed by atoms with Crippen LogP contribution in [0, 0.1) is 0 Å². The van der Waals surface area contributed by atoms with Crippen LogP contribution in [0.25, 0.3) is 10.9 Å². The number of carbonyl (C=O) groups excluding carboxylic acids is 1. The molecule has 0 amide bonds. The first-order chi connectivity index (χ1) is 11.1. The number of hydrogen-bond donors (Lipinski definition) is 1. The Labute approximate surface area is 136 Å². The van der Waals surface area contributed by atoms with Crippen molar-refractivity contribution in [2.45, 2.75) is 12.8 Å². The number of nitrogens with one attached hydrogen (secondary N) is 1. The number of aromatic nitrogens is 1. The number of likely N-dealkylation sites (N-methyl/N-ethyl adjacent to an activating group) is 1. The Morgan fingerprint density at radius 3 is 2.57 bits per heavy atom. The lowest BCUT2D eigenvalue weighted by Gasteiger charge is -2.10. The number of rotatable bonds is 6. The molecule has 0 radical (unpaired) electrons. The Morgan fingerprint density at radius 2 is 1.83 bits per heavy atom. The van der Waals surface area contributed by atoms with Gasteiger partial charge in [0.2, 0.25) is 0 Å². The maximum Gasteiger partial charge on any atom is 0.169 e. The summed E-state index contributed by atoms with van der Waals surface area (Å²) in [5, 5.41) is 1.03. The topological polar surface area (TPSA) is 36.1 Å². The van der Waals surface area contributed by atoms with Crippen molar-refractivity contribution in [3.05, 3.63) is 71.4 Å². The van der Waals surface area contributed by atoms with Gasteiger partial charge in [-0.25, -0.2) is 0 Å². The quantitative estimate of drug-likeness (QED) is 0.705. The smallest absolute Gasteiger partial charge is 0.169 e.